The smallest absolute Gasteiger partial charge is 0.331 e. The molecule has 7 heteroatoms. The molecule has 0 atom stereocenters. The number of nitrogens with zero attached hydrogens (tertiary/aromatic N) is 1. The number of amides is 2. The van der Waals surface area contributed by atoms with Crippen LogP contribution < -0.4 is 5.32 Å². The molecule has 1 aliphatic carbocycles. The zero-order chi connectivity index (χ0) is 15.6. The molecule has 2 rings (SSSR count). The Hall–Kier alpha value is -2.05. The van der Waals surface area contributed by atoms with Crippen molar-refractivity contribution in [3.05, 3.63) is 29.8 Å². The van der Waals surface area contributed by atoms with E-state index in [-0.39, 0.29) is 24.2 Å². The summed E-state index contributed by atoms with van der Waals surface area (Å²) in [6, 6.07) is 4.30. The largest absolute Gasteiger partial charge is 0.416 e. The lowest BCUT2D eigenvalue weighted by Crippen LogP contribution is -2.38. The summed E-state index contributed by atoms with van der Waals surface area (Å²) in [5.74, 6) is -0.600. The van der Waals surface area contributed by atoms with Crippen LogP contribution in [-0.4, -0.2) is 29.3 Å². The summed E-state index contributed by atoms with van der Waals surface area (Å²) in [5, 5.41) is 2.49. The molecule has 0 saturated heterocycles. The molecule has 0 unspecified atom stereocenters. The van der Waals surface area contributed by atoms with Crippen LogP contribution in [0.2, 0.25) is 0 Å². The number of rotatable bonds is 4. The van der Waals surface area contributed by atoms with Gasteiger partial charge in [-0.05, 0) is 37.1 Å². The van der Waals surface area contributed by atoms with Gasteiger partial charge >= 0.3 is 6.18 Å². The van der Waals surface area contributed by atoms with Gasteiger partial charge in [0, 0.05) is 18.7 Å². The first kappa shape index (κ1) is 15.3. The normalized spacial score (nSPS) is 14.7. The monoisotopic (exact) mass is 300 g/mol. The van der Waals surface area contributed by atoms with Crippen molar-refractivity contribution >= 4 is 17.5 Å². The van der Waals surface area contributed by atoms with Gasteiger partial charge in [0.15, 0.2) is 0 Å². The van der Waals surface area contributed by atoms with Crippen LogP contribution >= 0.6 is 0 Å². The minimum Gasteiger partial charge on any atom is -0.331 e. The molecule has 0 spiro atoms. The van der Waals surface area contributed by atoms with Crippen molar-refractivity contribution in [2.45, 2.75) is 32.0 Å². The second kappa shape index (κ2) is 5.75. The summed E-state index contributed by atoms with van der Waals surface area (Å²) in [6.45, 7) is 1.31. The molecule has 1 aromatic rings. The molecular formula is C14H15F3N2O2. The van der Waals surface area contributed by atoms with Gasteiger partial charge in [-0.3, -0.25) is 9.59 Å². The number of carbonyl (C=O) groups is 2. The number of nitrogens with one attached hydrogen (secondary N) is 1. The van der Waals surface area contributed by atoms with Gasteiger partial charge in [-0.25, -0.2) is 0 Å². The Labute approximate surface area is 119 Å². The lowest BCUT2D eigenvalue weighted by Gasteiger charge is -2.19. The molecule has 4 nitrogen and oxygen atoms in total. The maximum atomic E-state index is 12.4. The molecular weight excluding hydrogens is 285 g/mol. The average Bonchev–Trinajstić information content (AvgIpc) is 3.19. The predicted octanol–water partition coefficient (Wildman–Crippen LogP) is 2.65. The van der Waals surface area contributed by atoms with E-state index in [9.17, 15) is 22.8 Å². The van der Waals surface area contributed by atoms with E-state index in [4.69, 9.17) is 0 Å². The molecule has 1 aromatic carbocycles. The summed E-state index contributed by atoms with van der Waals surface area (Å²) in [7, 11) is 0. The molecule has 1 N–H and O–H groups in total. The SMILES string of the molecule is CC(=O)N(CC(=O)Nc1ccc(C(F)(F)F)cc1)C1CC1. The molecule has 1 fully saturated rings. The third kappa shape index (κ3) is 4.21. The third-order valence-electron chi connectivity index (χ3n) is 3.20. The van der Waals surface area contributed by atoms with Gasteiger partial charge in [0.25, 0.3) is 0 Å². The number of benzene rings is 1. The fourth-order valence-electron chi connectivity index (χ4n) is 1.98. The Morgan fingerprint density at radius 1 is 1.24 bits per heavy atom. The van der Waals surface area contributed by atoms with E-state index < -0.39 is 17.6 Å². The van der Waals surface area contributed by atoms with E-state index in [1.807, 2.05) is 0 Å². The first-order valence-corrected chi connectivity index (χ1v) is 6.51. The highest BCUT2D eigenvalue weighted by Gasteiger charge is 2.32. The number of carbonyl (C=O) groups excluding carboxylic acids is 2. The number of anilines is 1. The van der Waals surface area contributed by atoms with E-state index >= 15 is 0 Å². The van der Waals surface area contributed by atoms with Crippen molar-refractivity contribution in [1.29, 1.82) is 0 Å². The van der Waals surface area contributed by atoms with Crippen molar-refractivity contribution in [3.8, 4) is 0 Å². The second-order valence-electron chi connectivity index (χ2n) is 5.00. The van der Waals surface area contributed by atoms with E-state index in [0.717, 1.165) is 25.0 Å². The summed E-state index contributed by atoms with van der Waals surface area (Å²) < 4.78 is 37.2. The van der Waals surface area contributed by atoms with Crippen LogP contribution in [0.15, 0.2) is 24.3 Å². The fourth-order valence-corrected chi connectivity index (χ4v) is 1.98. The van der Waals surface area contributed by atoms with Crippen molar-refractivity contribution in [2.75, 3.05) is 11.9 Å². The molecule has 0 radical (unpaired) electrons. The number of hydrogen-bond acceptors (Lipinski definition) is 2. The van der Waals surface area contributed by atoms with E-state index in [1.165, 1.54) is 24.0 Å². The molecule has 0 heterocycles. The molecule has 114 valence electrons. The Bertz CT molecular complexity index is 536. The Kier molecular flexibility index (Phi) is 4.20. The maximum absolute atomic E-state index is 12.4. The molecule has 0 aromatic heterocycles. The Morgan fingerprint density at radius 3 is 2.24 bits per heavy atom. The molecule has 1 aliphatic rings. The van der Waals surface area contributed by atoms with E-state index in [2.05, 4.69) is 5.32 Å². The lowest BCUT2D eigenvalue weighted by atomic mass is 10.2. The minimum atomic E-state index is -4.40. The van der Waals surface area contributed by atoms with Crippen molar-refractivity contribution in [2.24, 2.45) is 0 Å². The van der Waals surface area contributed by atoms with Crippen molar-refractivity contribution < 1.29 is 22.8 Å². The summed E-state index contributed by atoms with van der Waals surface area (Å²) in [6.07, 6.45) is -2.64. The molecule has 2 amide bonds. The third-order valence-corrected chi connectivity index (χ3v) is 3.20. The van der Waals surface area contributed by atoms with Gasteiger partial charge in [0.05, 0.1) is 5.56 Å². The predicted molar refractivity (Wildman–Crippen MR) is 70.5 cm³/mol. The number of hydrogen-bond donors (Lipinski definition) is 1. The standard InChI is InChI=1S/C14H15F3N2O2/c1-9(20)19(12-6-7-12)8-13(21)18-11-4-2-10(3-5-11)14(15,16)17/h2-5,12H,6-8H2,1H3,(H,18,21). The first-order valence-electron chi connectivity index (χ1n) is 6.51. The first-order chi connectivity index (χ1) is 9.77. The highest BCUT2D eigenvalue weighted by atomic mass is 19.4. The van der Waals surface area contributed by atoms with Gasteiger partial charge in [-0.2, -0.15) is 13.2 Å². The quantitative estimate of drug-likeness (QED) is 0.929. The van der Waals surface area contributed by atoms with Crippen LogP contribution in [0, 0.1) is 0 Å². The van der Waals surface area contributed by atoms with E-state index in [0.29, 0.717) is 0 Å². The minimum absolute atomic E-state index is 0.0823. The summed E-state index contributed by atoms with van der Waals surface area (Å²) in [4.78, 5) is 24.7. The van der Waals surface area contributed by atoms with Gasteiger partial charge < -0.3 is 10.2 Å². The van der Waals surface area contributed by atoms with Crippen LogP contribution in [0.5, 0.6) is 0 Å². The Morgan fingerprint density at radius 2 is 1.81 bits per heavy atom. The van der Waals surface area contributed by atoms with Gasteiger partial charge in [0.1, 0.15) is 6.54 Å². The van der Waals surface area contributed by atoms with E-state index in [1.54, 1.807) is 0 Å². The average molecular weight is 300 g/mol. The van der Waals surface area contributed by atoms with Crippen LogP contribution in [0.3, 0.4) is 0 Å². The highest BCUT2D eigenvalue weighted by Crippen LogP contribution is 2.30. The summed E-state index contributed by atoms with van der Waals surface area (Å²) in [5.41, 5.74) is -0.504. The van der Waals surface area contributed by atoms with Crippen LogP contribution in [0.25, 0.3) is 0 Å². The topological polar surface area (TPSA) is 49.4 Å². The molecule has 1 saturated carbocycles. The lowest BCUT2D eigenvalue weighted by molar-refractivity contribution is -0.137. The Balaban J connectivity index is 1.94. The highest BCUT2D eigenvalue weighted by molar-refractivity contribution is 5.94. The fraction of sp³-hybridized carbons (Fsp3) is 0.429. The zero-order valence-corrected chi connectivity index (χ0v) is 11.4. The molecule has 0 bridgehead atoms. The van der Waals surface area contributed by atoms with Gasteiger partial charge in [-0.1, -0.05) is 0 Å². The molecule has 21 heavy (non-hydrogen) atoms. The van der Waals surface area contributed by atoms with Crippen LogP contribution in [0.4, 0.5) is 18.9 Å². The van der Waals surface area contributed by atoms with Gasteiger partial charge in [0.2, 0.25) is 11.8 Å². The molecule has 0 aliphatic heterocycles. The van der Waals surface area contributed by atoms with Crippen molar-refractivity contribution in [3.63, 3.8) is 0 Å². The van der Waals surface area contributed by atoms with Crippen LogP contribution in [0.1, 0.15) is 25.3 Å². The van der Waals surface area contributed by atoms with Crippen molar-refractivity contribution in [1.82, 2.24) is 4.90 Å². The summed E-state index contributed by atoms with van der Waals surface area (Å²) >= 11 is 0. The number of halogens is 3. The zero-order valence-electron chi connectivity index (χ0n) is 11.4. The van der Waals surface area contributed by atoms with Gasteiger partial charge in [-0.15, -0.1) is 0 Å². The second-order valence-corrected chi connectivity index (χ2v) is 5.00. The number of alkyl halides is 3. The maximum Gasteiger partial charge on any atom is 0.416 e. The van der Waals surface area contributed by atoms with Crippen LogP contribution in [-0.2, 0) is 15.8 Å².